The van der Waals surface area contributed by atoms with E-state index in [2.05, 4.69) is 15.3 Å². The fourth-order valence-electron chi connectivity index (χ4n) is 1.94. The third-order valence-corrected chi connectivity index (χ3v) is 2.89. The van der Waals surface area contributed by atoms with Crippen LogP contribution in [0.3, 0.4) is 0 Å². The molecular weight excluding hydrogens is 242 g/mol. The summed E-state index contributed by atoms with van der Waals surface area (Å²) in [7, 11) is 0. The molecule has 0 radical (unpaired) electrons. The molecule has 3 aromatic rings. The Balaban J connectivity index is 1.62. The van der Waals surface area contributed by atoms with Gasteiger partial charge in [0, 0.05) is 0 Å². The van der Waals surface area contributed by atoms with Gasteiger partial charge in [0.1, 0.15) is 5.76 Å². The molecule has 2 heterocycles. The second-order valence-electron chi connectivity index (χ2n) is 4.29. The molecule has 0 aliphatic rings. The third kappa shape index (κ3) is 2.65. The summed E-state index contributed by atoms with van der Waals surface area (Å²) >= 11 is 0. The average molecular weight is 255 g/mol. The molecule has 0 unspecified atom stereocenters. The van der Waals surface area contributed by atoms with Crippen molar-refractivity contribution in [3.63, 3.8) is 0 Å². The topological polar surface area (TPSA) is 70.9 Å². The summed E-state index contributed by atoms with van der Waals surface area (Å²) in [4.78, 5) is 19.0. The van der Waals surface area contributed by atoms with Crippen LogP contribution in [0.5, 0.6) is 0 Å². The van der Waals surface area contributed by atoms with Crippen molar-refractivity contribution >= 4 is 16.9 Å². The molecule has 96 valence electrons. The van der Waals surface area contributed by atoms with Crippen molar-refractivity contribution in [1.29, 1.82) is 0 Å². The highest BCUT2D eigenvalue weighted by Gasteiger charge is 2.05. The number of hydrogen-bond acceptors (Lipinski definition) is 3. The van der Waals surface area contributed by atoms with E-state index in [0.717, 1.165) is 22.4 Å². The lowest BCUT2D eigenvalue weighted by Crippen LogP contribution is -2.24. The van der Waals surface area contributed by atoms with Gasteiger partial charge >= 0.3 is 0 Å². The van der Waals surface area contributed by atoms with Crippen LogP contribution in [0.1, 0.15) is 11.3 Å². The Kier molecular flexibility index (Phi) is 3.02. The van der Waals surface area contributed by atoms with Crippen molar-refractivity contribution in [2.24, 2.45) is 0 Å². The predicted molar refractivity (Wildman–Crippen MR) is 70.4 cm³/mol. The molecule has 5 nitrogen and oxygen atoms in total. The molecule has 0 spiro atoms. The Bertz CT molecular complexity index is 686. The van der Waals surface area contributed by atoms with E-state index in [9.17, 15) is 4.79 Å². The van der Waals surface area contributed by atoms with Crippen LogP contribution in [0.25, 0.3) is 11.0 Å². The largest absolute Gasteiger partial charge is 0.467 e. The standard InChI is InChI=1S/C14H13N3O2/c18-14(15-8-11-2-1-5-19-11)7-10-3-4-12-13(6-10)17-9-16-12/h1-6,9H,7-8H2,(H,15,18)(H,16,17). The number of nitrogens with one attached hydrogen (secondary N) is 2. The number of carbonyl (C=O) groups excluding carboxylic acids is 1. The van der Waals surface area contributed by atoms with E-state index >= 15 is 0 Å². The minimum absolute atomic E-state index is 0.0322. The maximum Gasteiger partial charge on any atom is 0.224 e. The van der Waals surface area contributed by atoms with Gasteiger partial charge in [0.15, 0.2) is 0 Å². The number of imidazole rings is 1. The lowest BCUT2D eigenvalue weighted by atomic mass is 10.1. The van der Waals surface area contributed by atoms with E-state index < -0.39 is 0 Å². The Morgan fingerprint density at radius 1 is 1.37 bits per heavy atom. The van der Waals surface area contributed by atoms with Crippen LogP contribution in [0.2, 0.25) is 0 Å². The third-order valence-electron chi connectivity index (χ3n) is 2.89. The number of amides is 1. The molecule has 5 heteroatoms. The van der Waals surface area contributed by atoms with E-state index in [4.69, 9.17) is 4.42 Å². The number of rotatable bonds is 4. The number of aromatic nitrogens is 2. The molecule has 0 saturated heterocycles. The number of furan rings is 1. The number of benzene rings is 1. The van der Waals surface area contributed by atoms with E-state index in [1.54, 1.807) is 18.7 Å². The first-order valence-electron chi connectivity index (χ1n) is 6.02. The van der Waals surface area contributed by atoms with Crippen molar-refractivity contribution in [2.75, 3.05) is 0 Å². The van der Waals surface area contributed by atoms with Crippen molar-refractivity contribution in [3.8, 4) is 0 Å². The molecule has 1 aromatic carbocycles. The van der Waals surface area contributed by atoms with Crippen molar-refractivity contribution < 1.29 is 9.21 Å². The van der Waals surface area contributed by atoms with Gasteiger partial charge in [-0.15, -0.1) is 0 Å². The van der Waals surface area contributed by atoms with Gasteiger partial charge in [-0.05, 0) is 29.8 Å². The van der Waals surface area contributed by atoms with Gasteiger partial charge in [-0.2, -0.15) is 0 Å². The van der Waals surface area contributed by atoms with Gasteiger partial charge in [0.25, 0.3) is 0 Å². The number of H-pyrrole nitrogens is 1. The highest BCUT2D eigenvalue weighted by molar-refractivity contribution is 5.81. The molecule has 0 fully saturated rings. The minimum Gasteiger partial charge on any atom is -0.467 e. The van der Waals surface area contributed by atoms with Gasteiger partial charge in [0.05, 0.1) is 36.6 Å². The van der Waals surface area contributed by atoms with Gasteiger partial charge in [0.2, 0.25) is 5.91 Å². The zero-order valence-corrected chi connectivity index (χ0v) is 10.2. The summed E-state index contributed by atoms with van der Waals surface area (Å²) in [6.45, 7) is 0.415. The number of aromatic amines is 1. The van der Waals surface area contributed by atoms with Crippen LogP contribution in [0.15, 0.2) is 47.3 Å². The number of fused-ring (bicyclic) bond motifs is 1. The van der Waals surface area contributed by atoms with Crippen LogP contribution in [0, 0.1) is 0 Å². The maximum absolute atomic E-state index is 11.8. The Hall–Kier alpha value is -2.56. The van der Waals surface area contributed by atoms with Crippen LogP contribution >= 0.6 is 0 Å². The Morgan fingerprint density at radius 2 is 2.32 bits per heavy atom. The fraction of sp³-hybridized carbons (Fsp3) is 0.143. The Morgan fingerprint density at radius 3 is 3.16 bits per heavy atom. The summed E-state index contributed by atoms with van der Waals surface area (Å²) in [6.07, 6.45) is 3.58. The van der Waals surface area contributed by atoms with E-state index in [1.807, 2.05) is 24.3 Å². The van der Waals surface area contributed by atoms with Crippen LogP contribution in [-0.4, -0.2) is 15.9 Å². The van der Waals surface area contributed by atoms with Crippen molar-refractivity contribution in [3.05, 3.63) is 54.2 Å². The molecule has 0 aliphatic heterocycles. The van der Waals surface area contributed by atoms with Crippen LogP contribution in [0.4, 0.5) is 0 Å². The lowest BCUT2D eigenvalue weighted by molar-refractivity contribution is -0.120. The maximum atomic E-state index is 11.8. The molecule has 2 aromatic heterocycles. The summed E-state index contributed by atoms with van der Waals surface area (Å²) in [5, 5.41) is 2.82. The highest BCUT2D eigenvalue weighted by Crippen LogP contribution is 2.12. The molecular formula is C14H13N3O2. The molecule has 0 atom stereocenters. The lowest BCUT2D eigenvalue weighted by Gasteiger charge is -2.03. The molecule has 0 bridgehead atoms. The summed E-state index contributed by atoms with van der Waals surface area (Å²) in [6, 6.07) is 9.38. The fourth-order valence-corrected chi connectivity index (χ4v) is 1.94. The van der Waals surface area contributed by atoms with Gasteiger partial charge in [-0.3, -0.25) is 4.79 Å². The average Bonchev–Trinajstić information content (AvgIpc) is 3.07. The second kappa shape index (κ2) is 4.97. The molecule has 3 rings (SSSR count). The van der Waals surface area contributed by atoms with Crippen LogP contribution in [-0.2, 0) is 17.8 Å². The van der Waals surface area contributed by atoms with Crippen LogP contribution < -0.4 is 5.32 Å². The quantitative estimate of drug-likeness (QED) is 0.749. The molecule has 1 amide bonds. The number of nitrogens with zero attached hydrogens (tertiary/aromatic N) is 1. The molecule has 2 N–H and O–H groups in total. The Labute approximate surface area is 109 Å². The van der Waals surface area contributed by atoms with E-state index in [0.29, 0.717) is 13.0 Å². The molecule has 19 heavy (non-hydrogen) atoms. The first kappa shape index (κ1) is 11.5. The predicted octanol–water partition coefficient (Wildman–Crippen LogP) is 2.01. The van der Waals surface area contributed by atoms with Crippen molar-refractivity contribution in [1.82, 2.24) is 15.3 Å². The minimum atomic E-state index is -0.0322. The zero-order chi connectivity index (χ0) is 13.1. The summed E-state index contributed by atoms with van der Waals surface area (Å²) in [5.41, 5.74) is 2.80. The highest BCUT2D eigenvalue weighted by atomic mass is 16.3. The van der Waals surface area contributed by atoms with Crippen molar-refractivity contribution in [2.45, 2.75) is 13.0 Å². The summed E-state index contributed by atoms with van der Waals surface area (Å²) < 4.78 is 5.15. The first-order chi connectivity index (χ1) is 9.31. The number of carbonyl (C=O) groups is 1. The van der Waals surface area contributed by atoms with Gasteiger partial charge in [-0.25, -0.2) is 4.98 Å². The first-order valence-corrected chi connectivity index (χ1v) is 6.02. The normalized spacial score (nSPS) is 10.7. The SMILES string of the molecule is O=C(Cc1ccc2nc[nH]c2c1)NCc1ccco1. The molecule has 0 aliphatic carbocycles. The summed E-state index contributed by atoms with van der Waals surface area (Å²) in [5.74, 6) is 0.715. The van der Waals surface area contributed by atoms with Gasteiger partial charge < -0.3 is 14.7 Å². The van der Waals surface area contributed by atoms with Gasteiger partial charge in [-0.1, -0.05) is 6.07 Å². The van der Waals surface area contributed by atoms with E-state index in [-0.39, 0.29) is 5.91 Å². The molecule has 0 saturated carbocycles. The second-order valence-corrected chi connectivity index (χ2v) is 4.29. The monoisotopic (exact) mass is 255 g/mol. The number of hydrogen-bond donors (Lipinski definition) is 2. The van der Waals surface area contributed by atoms with E-state index in [1.165, 1.54) is 0 Å². The smallest absolute Gasteiger partial charge is 0.224 e. The zero-order valence-electron chi connectivity index (χ0n) is 10.2.